The molecule has 3 aliphatic rings. The van der Waals surface area contributed by atoms with E-state index in [1.807, 2.05) is 28.8 Å². The maximum atomic E-state index is 13.8. The van der Waals surface area contributed by atoms with Crippen LogP contribution in [0.15, 0.2) is 46.0 Å². The molecule has 2 aliphatic carbocycles. The van der Waals surface area contributed by atoms with Crippen LogP contribution in [-0.2, 0) is 29.2 Å². The van der Waals surface area contributed by atoms with Crippen LogP contribution in [0.3, 0.4) is 0 Å². The summed E-state index contributed by atoms with van der Waals surface area (Å²) in [6.07, 6.45) is 7.27. The number of nitrogens with one attached hydrogen (secondary N) is 1. The molecule has 230 valence electrons. The zero-order valence-corrected chi connectivity index (χ0v) is 24.1. The summed E-state index contributed by atoms with van der Waals surface area (Å²) >= 11 is 0. The molecule has 0 radical (unpaired) electrons. The molecular weight excluding hydrogens is 558 g/mol. The van der Waals surface area contributed by atoms with Gasteiger partial charge in [-0.05, 0) is 81.1 Å². The van der Waals surface area contributed by atoms with E-state index in [-0.39, 0.29) is 17.4 Å². The van der Waals surface area contributed by atoms with E-state index in [1.165, 1.54) is 4.57 Å². The van der Waals surface area contributed by atoms with Gasteiger partial charge in [-0.15, -0.1) is 0 Å². The summed E-state index contributed by atoms with van der Waals surface area (Å²) in [7, 11) is 1.64. The molecule has 1 aromatic carbocycles. The number of hydrogen-bond acceptors (Lipinski definition) is 8. The lowest BCUT2D eigenvalue weighted by atomic mass is 10.1. The van der Waals surface area contributed by atoms with Gasteiger partial charge in [-0.2, -0.15) is 4.98 Å². The molecule has 3 heterocycles. The molecule has 0 amide bonds. The van der Waals surface area contributed by atoms with Gasteiger partial charge in [0.25, 0.3) is 11.6 Å². The van der Waals surface area contributed by atoms with Crippen molar-refractivity contribution in [2.45, 2.75) is 64.3 Å². The van der Waals surface area contributed by atoms with Crippen LogP contribution in [0.2, 0.25) is 0 Å². The number of nitrogens with zero attached hydrogens (tertiary/aromatic N) is 4. The summed E-state index contributed by atoms with van der Waals surface area (Å²) in [5.41, 5.74) is 1.43. The van der Waals surface area contributed by atoms with E-state index in [2.05, 4.69) is 5.32 Å². The molecule has 1 saturated heterocycles. The summed E-state index contributed by atoms with van der Waals surface area (Å²) in [4.78, 5) is 51.2. The van der Waals surface area contributed by atoms with Gasteiger partial charge in [0.2, 0.25) is 0 Å². The lowest BCUT2D eigenvalue weighted by molar-refractivity contribution is -0.134. The Morgan fingerprint density at radius 2 is 1.49 bits per heavy atom. The van der Waals surface area contributed by atoms with Gasteiger partial charge in [0, 0.05) is 25.2 Å². The Labute approximate surface area is 247 Å². The van der Waals surface area contributed by atoms with Crippen molar-refractivity contribution in [1.29, 1.82) is 0 Å². The van der Waals surface area contributed by atoms with Crippen LogP contribution in [0.1, 0.15) is 44.1 Å². The molecule has 2 saturated carbocycles. The van der Waals surface area contributed by atoms with Crippen molar-refractivity contribution in [1.82, 2.24) is 24.0 Å². The Morgan fingerprint density at radius 1 is 0.907 bits per heavy atom. The van der Waals surface area contributed by atoms with Crippen LogP contribution in [0.5, 0.6) is 11.8 Å². The minimum Gasteiger partial charge on any atom is -0.497 e. The van der Waals surface area contributed by atoms with Gasteiger partial charge in [-0.3, -0.25) is 18.5 Å². The SMILES string of the molecule is COc1ccc(Cn2c(OC3CCNCC3)nc3c2c(=O)n(CC2CC2)c(=O)n3CC2CC2)cc1.O=C(O)C=CC(=O)O. The number of ether oxygens (including phenoxy) is 2. The fourth-order valence-electron chi connectivity index (χ4n) is 5.07. The average molecular weight is 596 g/mol. The third-order valence-corrected chi connectivity index (χ3v) is 7.78. The lowest BCUT2D eigenvalue weighted by Crippen LogP contribution is -2.41. The quantitative estimate of drug-likeness (QED) is 0.279. The average Bonchev–Trinajstić information content (AvgIpc) is 3.94. The van der Waals surface area contributed by atoms with Crippen molar-refractivity contribution in [3.8, 4) is 11.8 Å². The number of fused-ring (bicyclic) bond motifs is 1. The first-order valence-electron chi connectivity index (χ1n) is 14.6. The van der Waals surface area contributed by atoms with Crippen molar-refractivity contribution >= 4 is 23.1 Å². The first kappa shape index (κ1) is 30.1. The molecule has 6 rings (SSSR count). The molecule has 0 spiro atoms. The highest BCUT2D eigenvalue weighted by Crippen LogP contribution is 2.32. The van der Waals surface area contributed by atoms with E-state index in [9.17, 15) is 19.2 Å². The first-order chi connectivity index (χ1) is 20.7. The van der Waals surface area contributed by atoms with Crippen LogP contribution in [-0.4, -0.2) is 67.1 Å². The molecule has 0 unspecified atom stereocenters. The van der Waals surface area contributed by atoms with E-state index < -0.39 is 11.9 Å². The number of benzene rings is 1. The molecule has 3 fully saturated rings. The van der Waals surface area contributed by atoms with Crippen LogP contribution in [0.25, 0.3) is 11.2 Å². The van der Waals surface area contributed by atoms with Crippen LogP contribution in [0, 0.1) is 11.8 Å². The van der Waals surface area contributed by atoms with Crippen molar-refractivity contribution in [3.05, 3.63) is 62.8 Å². The second kappa shape index (κ2) is 13.3. The Balaban J connectivity index is 0.000000407. The van der Waals surface area contributed by atoms with Gasteiger partial charge in [-0.1, -0.05) is 12.1 Å². The lowest BCUT2D eigenvalue weighted by Gasteiger charge is -2.23. The van der Waals surface area contributed by atoms with Gasteiger partial charge in [0.1, 0.15) is 11.9 Å². The third-order valence-electron chi connectivity index (χ3n) is 7.78. The highest BCUT2D eigenvalue weighted by Gasteiger charge is 2.31. The van der Waals surface area contributed by atoms with Crippen LogP contribution < -0.4 is 26.0 Å². The fraction of sp³-hybridized carbons (Fsp3) is 0.500. The van der Waals surface area contributed by atoms with Gasteiger partial charge in [-0.25, -0.2) is 14.4 Å². The summed E-state index contributed by atoms with van der Waals surface area (Å²) in [6.45, 7) is 3.30. The van der Waals surface area contributed by atoms with E-state index >= 15 is 0 Å². The highest BCUT2D eigenvalue weighted by molar-refractivity contribution is 5.89. The van der Waals surface area contributed by atoms with E-state index in [0.717, 1.165) is 62.9 Å². The zero-order chi connectivity index (χ0) is 30.5. The van der Waals surface area contributed by atoms with Gasteiger partial charge < -0.3 is 25.0 Å². The second-order valence-corrected chi connectivity index (χ2v) is 11.3. The molecule has 13 heteroatoms. The molecule has 3 aromatic rings. The summed E-state index contributed by atoms with van der Waals surface area (Å²) in [6, 6.07) is 8.23. The number of piperidine rings is 1. The van der Waals surface area contributed by atoms with Crippen molar-refractivity contribution in [2.75, 3.05) is 20.2 Å². The number of aliphatic carboxylic acids is 2. The standard InChI is InChI=1S/C26H33N5O4.C4H4O4/c1-34-20-8-6-19(7-9-20)14-29-22-23(28-25(29)35-21-10-12-27-13-11-21)30(15-17-2-3-17)26(33)31(24(22)32)16-18-4-5-18;5-3(6)1-2-4(7)8/h6-9,17-18,21,27H,2-5,10-16H2,1H3;1-2H,(H,5,6)(H,7,8). The van der Waals surface area contributed by atoms with E-state index in [1.54, 1.807) is 11.7 Å². The van der Waals surface area contributed by atoms with Gasteiger partial charge in [0.15, 0.2) is 11.2 Å². The van der Waals surface area contributed by atoms with Gasteiger partial charge >= 0.3 is 17.6 Å². The molecule has 13 nitrogen and oxygen atoms in total. The Bertz CT molecular complexity index is 1590. The summed E-state index contributed by atoms with van der Waals surface area (Å²) in [5, 5.41) is 19.0. The Morgan fingerprint density at radius 3 is 2.02 bits per heavy atom. The molecule has 3 N–H and O–H groups in total. The molecular formula is C30H37N5O8. The molecule has 0 atom stereocenters. The predicted octanol–water partition coefficient (Wildman–Crippen LogP) is 2.08. The first-order valence-corrected chi connectivity index (χ1v) is 14.6. The number of carbonyl (C=O) groups is 2. The maximum Gasteiger partial charge on any atom is 0.332 e. The largest absolute Gasteiger partial charge is 0.497 e. The topological polar surface area (TPSA) is 167 Å². The molecule has 1 aliphatic heterocycles. The van der Waals surface area contributed by atoms with Crippen molar-refractivity contribution in [3.63, 3.8) is 0 Å². The highest BCUT2D eigenvalue weighted by atomic mass is 16.5. The van der Waals surface area contributed by atoms with Gasteiger partial charge in [0.05, 0.1) is 13.7 Å². The summed E-state index contributed by atoms with van der Waals surface area (Å²) < 4.78 is 16.8. The zero-order valence-electron chi connectivity index (χ0n) is 24.1. The third kappa shape index (κ3) is 7.72. The number of methoxy groups -OCH3 is 1. The van der Waals surface area contributed by atoms with E-state index in [4.69, 9.17) is 24.7 Å². The second-order valence-electron chi connectivity index (χ2n) is 11.3. The number of imidazole rings is 1. The molecule has 0 bridgehead atoms. The number of aromatic nitrogens is 4. The fourth-order valence-corrected chi connectivity index (χ4v) is 5.07. The van der Waals surface area contributed by atoms with Crippen LogP contribution in [0.4, 0.5) is 0 Å². The minimum atomic E-state index is -1.26. The van der Waals surface area contributed by atoms with Crippen LogP contribution >= 0.6 is 0 Å². The minimum absolute atomic E-state index is 0.0278. The predicted molar refractivity (Wildman–Crippen MR) is 157 cm³/mol. The number of carboxylic acid groups (broad SMARTS) is 2. The summed E-state index contributed by atoms with van der Waals surface area (Å²) in [5.74, 6) is -0.848. The van der Waals surface area contributed by atoms with Crippen molar-refractivity contribution in [2.24, 2.45) is 11.8 Å². The molecule has 43 heavy (non-hydrogen) atoms. The smallest absolute Gasteiger partial charge is 0.332 e. The monoisotopic (exact) mass is 595 g/mol. The number of hydrogen-bond donors (Lipinski definition) is 3. The number of carboxylic acids is 2. The normalized spacial score (nSPS) is 17.0. The maximum absolute atomic E-state index is 13.8. The van der Waals surface area contributed by atoms with Crippen molar-refractivity contribution < 1.29 is 29.3 Å². The Kier molecular flexibility index (Phi) is 9.29. The molecule has 2 aromatic heterocycles. The Hall–Kier alpha value is -4.39. The number of rotatable bonds is 11. The van der Waals surface area contributed by atoms with E-state index in [0.29, 0.717) is 60.8 Å².